The van der Waals surface area contributed by atoms with Crippen molar-refractivity contribution in [1.29, 1.82) is 0 Å². The maximum atomic E-state index is 3.83. The summed E-state index contributed by atoms with van der Waals surface area (Å²) in [6.07, 6.45) is 0. The van der Waals surface area contributed by atoms with Gasteiger partial charge in [-0.1, -0.05) is 25.9 Å². The standard InChI is InChI=1S/C4H10Si6/c1-3-9(5,6)10(7,8)4-2/h3-4H2,1-2H3. The summed E-state index contributed by atoms with van der Waals surface area (Å²) < 4.78 is 0. The van der Waals surface area contributed by atoms with Gasteiger partial charge in [0, 0.05) is 52.3 Å². The Morgan fingerprint density at radius 2 is 1.00 bits per heavy atom. The van der Waals surface area contributed by atoms with Gasteiger partial charge >= 0.3 is 0 Å². The normalized spacial score (nSPS) is 13.8. The maximum Gasteiger partial charge on any atom is 0.0141 e. The first-order valence-corrected chi connectivity index (χ1v) is 14.8. The van der Waals surface area contributed by atoms with Crippen LogP contribution in [0.4, 0.5) is 0 Å². The van der Waals surface area contributed by atoms with Gasteiger partial charge < -0.3 is 0 Å². The van der Waals surface area contributed by atoms with Crippen molar-refractivity contribution in [3.05, 3.63) is 0 Å². The average molecular weight is 227 g/mol. The molecule has 0 N–H and O–H groups in total. The highest BCUT2D eigenvalue weighted by Crippen LogP contribution is 2.13. The van der Waals surface area contributed by atoms with E-state index in [2.05, 4.69) is 52.9 Å². The molecule has 0 saturated carbocycles. The third-order valence-corrected chi connectivity index (χ3v) is 40.5. The van der Waals surface area contributed by atoms with E-state index in [9.17, 15) is 0 Å². The van der Waals surface area contributed by atoms with Crippen LogP contribution >= 0.6 is 0 Å². The van der Waals surface area contributed by atoms with Crippen molar-refractivity contribution >= 4 is 52.3 Å². The molecule has 0 aliphatic carbocycles. The fourth-order valence-corrected chi connectivity index (χ4v) is 11.8. The van der Waals surface area contributed by atoms with Gasteiger partial charge in [-0.3, -0.25) is 0 Å². The van der Waals surface area contributed by atoms with Crippen molar-refractivity contribution in [2.45, 2.75) is 25.9 Å². The first kappa shape index (κ1) is 11.3. The van der Waals surface area contributed by atoms with Gasteiger partial charge in [-0.25, -0.2) is 0 Å². The van der Waals surface area contributed by atoms with E-state index in [-0.39, 0.29) is 0 Å². The Kier molecular flexibility index (Phi) is 4.30. The van der Waals surface area contributed by atoms with Crippen LogP contribution in [0, 0.1) is 0 Å². The molecule has 0 heterocycles. The largest absolute Gasteiger partial charge is 0.0684 e. The molecule has 0 aliphatic rings. The molecular formula is C4H10Si6. The van der Waals surface area contributed by atoms with E-state index in [1.807, 2.05) is 0 Å². The minimum atomic E-state index is -1.33. The zero-order valence-electron chi connectivity index (χ0n) is 6.41. The predicted molar refractivity (Wildman–Crippen MR) is 55.5 cm³/mol. The topological polar surface area (TPSA) is 0 Å². The lowest BCUT2D eigenvalue weighted by molar-refractivity contribution is 1.42. The summed E-state index contributed by atoms with van der Waals surface area (Å²) in [5, 5.41) is 0. The molecule has 50 valence electrons. The smallest absolute Gasteiger partial charge is 0.0141 e. The zero-order valence-corrected chi connectivity index (χ0v) is 12.4. The monoisotopic (exact) mass is 226 g/mol. The Bertz CT molecular complexity index is 94.3. The predicted octanol–water partition coefficient (Wildman–Crippen LogP) is -0.337. The molecule has 0 aromatic heterocycles. The molecule has 0 aromatic rings. The van der Waals surface area contributed by atoms with Crippen molar-refractivity contribution in [3.63, 3.8) is 0 Å². The van der Waals surface area contributed by atoms with E-state index in [0.717, 1.165) is 0 Å². The van der Waals surface area contributed by atoms with Crippen LogP contribution < -0.4 is 0 Å². The summed E-state index contributed by atoms with van der Waals surface area (Å²) in [4.78, 5) is 0. The van der Waals surface area contributed by atoms with Crippen molar-refractivity contribution in [2.24, 2.45) is 0 Å². The molecule has 0 nitrogen and oxygen atoms in total. The first-order chi connectivity index (χ1) is 4.37. The molecule has 0 aliphatic heterocycles. The quantitative estimate of drug-likeness (QED) is 0.578. The second-order valence-electron chi connectivity index (χ2n) is 2.52. The highest BCUT2D eigenvalue weighted by molar-refractivity contribution is 7.89. The summed E-state index contributed by atoms with van der Waals surface area (Å²) >= 11 is 0. The van der Waals surface area contributed by atoms with E-state index in [4.69, 9.17) is 0 Å². The van der Waals surface area contributed by atoms with E-state index < -0.39 is 13.3 Å². The summed E-state index contributed by atoms with van der Waals surface area (Å²) in [6.45, 7) is 1.77. The van der Waals surface area contributed by atoms with Crippen LogP contribution in [0.3, 0.4) is 0 Å². The van der Waals surface area contributed by atoms with Gasteiger partial charge in [0.05, 0.1) is 0 Å². The summed E-state index contributed by atoms with van der Waals surface area (Å²) in [7, 11) is 15.3. The Morgan fingerprint density at radius 3 is 1.10 bits per heavy atom. The highest BCUT2D eigenvalue weighted by Gasteiger charge is 2.36. The van der Waals surface area contributed by atoms with Gasteiger partial charge in [0.2, 0.25) is 0 Å². The molecule has 0 spiro atoms. The molecule has 12 radical (unpaired) electrons. The lowest BCUT2D eigenvalue weighted by Gasteiger charge is -2.36. The zero-order chi connectivity index (χ0) is 8.41. The molecular weight excluding hydrogens is 217 g/mol. The lowest BCUT2D eigenvalue weighted by Crippen LogP contribution is -2.66. The van der Waals surface area contributed by atoms with E-state index >= 15 is 0 Å². The van der Waals surface area contributed by atoms with E-state index in [1.54, 1.807) is 0 Å². The van der Waals surface area contributed by atoms with E-state index in [0.29, 0.717) is 0 Å². The van der Waals surface area contributed by atoms with E-state index in [1.165, 1.54) is 12.1 Å². The van der Waals surface area contributed by atoms with Gasteiger partial charge in [0.1, 0.15) is 0 Å². The average Bonchev–Trinajstić information content (AvgIpc) is 1.88. The summed E-state index contributed by atoms with van der Waals surface area (Å²) in [5.41, 5.74) is 0. The second kappa shape index (κ2) is 3.81. The highest BCUT2D eigenvalue weighted by atomic mass is 30.1. The minimum Gasteiger partial charge on any atom is -0.0684 e. The molecule has 0 atom stereocenters. The van der Waals surface area contributed by atoms with Gasteiger partial charge in [-0.15, -0.1) is 0 Å². The third kappa shape index (κ3) is 2.41. The van der Waals surface area contributed by atoms with Crippen molar-refractivity contribution in [1.82, 2.24) is 0 Å². The van der Waals surface area contributed by atoms with Gasteiger partial charge in [-0.2, -0.15) is 0 Å². The maximum absolute atomic E-state index is 3.83. The van der Waals surface area contributed by atoms with Crippen LogP contribution in [0.25, 0.3) is 0 Å². The molecule has 6 heteroatoms. The van der Waals surface area contributed by atoms with Crippen LogP contribution in [-0.2, 0) is 0 Å². The Labute approximate surface area is 78.2 Å². The molecule has 0 rings (SSSR count). The van der Waals surface area contributed by atoms with Crippen molar-refractivity contribution < 1.29 is 0 Å². The fourth-order valence-electron chi connectivity index (χ4n) is 0.604. The molecule has 0 fully saturated rings. The number of hydrogen-bond acceptors (Lipinski definition) is 0. The minimum absolute atomic E-state index is 1.20. The fraction of sp³-hybridized carbons (Fsp3) is 1.00. The van der Waals surface area contributed by atoms with Gasteiger partial charge in [0.25, 0.3) is 0 Å². The Balaban J connectivity index is 4.28. The van der Waals surface area contributed by atoms with Crippen molar-refractivity contribution in [3.8, 4) is 0 Å². The van der Waals surface area contributed by atoms with Crippen molar-refractivity contribution in [2.75, 3.05) is 0 Å². The van der Waals surface area contributed by atoms with Gasteiger partial charge in [0.15, 0.2) is 0 Å². The Morgan fingerprint density at radius 1 is 0.800 bits per heavy atom. The van der Waals surface area contributed by atoms with Crippen LogP contribution in [0.5, 0.6) is 0 Å². The Hall–Kier alpha value is 1.30. The van der Waals surface area contributed by atoms with Crippen LogP contribution in [0.1, 0.15) is 13.8 Å². The SMILES string of the molecule is CC[Si]([Si])([Si])[Si]([Si])([Si])CC. The lowest BCUT2D eigenvalue weighted by atomic mass is 11.0. The second-order valence-corrected chi connectivity index (χ2v) is 31.9. The molecule has 0 aromatic carbocycles. The molecule has 0 bridgehead atoms. The third-order valence-electron chi connectivity index (χ3n) is 1.79. The molecule has 0 saturated heterocycles. The van der Waals surface area contributed by atoms with Gasteiger partial charge in [-0.05, 0) is 0 Å². The van der Waals surface area contributed by atoms with Crippen LogP contribution in [0.15, 0.2) is 0 Å². The summed E-state index contributed by atoms with van der Waals surface area (Å²) in [6, 6.07) is 2.40. The molecule has 0 unspecified atom stereocenters. The number of rotatable bonds is 3. The summed E-state index contributed by atoms with van der Waals surface area (Å²) in [5.74, 6) is 0. The molecule has 0 amide bonds. The molecule has 10 heavy (non-hydrogen) atoms. The first-order valence-electron chi connectivity index (χ1n) is 3.37. The number of hydrogen-bond donors (Lipinski definition) is 0. The van der Waals surface area contributed by atoms with Crippen LogP contribution in [0.2, 0.25) is 12.1 Å². The van der Waals surface area contributed by atoms with Crippen LogP contribution in [-0.4, -0.2) is 52.3 Å².